The molecule has 0 bridgehead atoms. The fraction of sp³-hybridized carbons (Fsp3) is 0.267. The first-order chi connectivity index (χ1) is 10.2. The zero-order valence-corrected chi connectivity index (χ0v) is 13.0. The van der Waals surface area contributed by atoms with E-state index in [1.165, 1.54) is 32.2 Å². The summed E-state index contributed by atoms with van der Waals surface area (Å²) in [6.07, 6.45) is 0. The third kappa shape index (κ3) is 2.95. The van der Waals surface area contributed by atoms with Gasteiger partial charge in [0.15, 0.2) is 5.82 Å². The summed E-state index contributed by atoms with van der Waals surface area (Å²) in [5, 5.41) is 9.68. The maximum atomic E-state index is 14.5. The molecule has 0 aromatic heterocycles. The van der Waals surface area contributed by atoms with Gasteiger partial charge in [-0.1, -0.05) is 37.3 Å². The average Bonchev–Trinajstić information content (AvgIpc) is 2.47. The number of halogens is 1. The van der Waals surface area contributed by atoms with E-state index in [4.69, 9.17) is 5.11 Å². The molecule has 0 spiro atoms. The number of carboxylic acids is 1. The molecule has 0 aliphatic carbocycles. The summed E-state index contributed by atoms with van der Waals surface area (Å²) in [6.45, 7) is 1.16. The smallest absolute Gasteiger partial charge is 0.307 e. The van der Waals surface area contributed by atoms with Crippen LogP contribution in [0, 0.1) is 11.7 Å². The maximum absolute atomic E-state index is 14.5. The van der Waals surface area contributed by atoms with Crippen LogP contribution in [-0.4, -0.2) is 37.4 Å². The van der Waals surface area contributed by atoms with E-state index in [0.29, 0.717) is 5.39 Å². The molecule has 0 amide bonds. The van der Waals surface area contributed by atoms with Gasteiger partial charge in [-0.15, -0.1) is 0 Å². The van der Waals surface area contributed by atoms with E-state index >= 15 is 0 Å². The van der Waals surface area contributed by atoms with Crippen LogP contribution in [0.25, 0.3) is 10.8 Å². The van der Waals surface area contributed by atoms with Crippen LogP contribution in [0.3, 0.4) is 0 Å². The summed E-state index contributed by atoms with van der Waals surface area (Å²) in [4.78, 5) is 10.4. The second-order valence-corrected chi connectivity index (χ2v) is 7.14. The highest BCUT2D eigenvalue weighted by molar-refractivity contribution is 7.89. The van der Waals surface area contributed by atoms with Crippen LogP contribution in [-0.2, 0) is 14.8 Å². The molecule has 118 valence electrons. The van der Waals surface area contributed by atoms with Crippen molar-refractivity contribution in [2.24, 2.45) is 5.92 Å². The van der Waals surface area contributed by atoms with E-state index in [1.807, 2.05) is 0 Å². The Balaban J connectivity index is 2.45. The molecule has 0 heterocycles. The number of rotatable bonds is 5. The Morgan fingerprint density at radius 2 is 1.91 bits per heavy atom. The zero-order chi connectivity index (χ0) is 16.5. The molecule has 0 aliphatic heterocycles. The van der Waals surface area contributed by atoms with Crippen molar-refractivity contribution < 1.29 is 22.7 Å². The lowest BCUT2D eigenvalue weighted by Crippen LogP contribution is -2.34. The highest BCUT2D eigenvalue weighted by atomic mass is 32.2. The fourth-order valence-corrected chi connectivity index (χ4v) is 3.47. The van der Waals surface area contributed by atoms with Gasteiger partial charge in [0.1, 0.15) is 4.90 Å². The van der Waals surface area contributed by atoms with Crippen molar-refractivity contribution in [3.05, 3.63) is 42.2 Å². The molecule has 22 heavy (non-hydrogen) atoms. The number of fused-ring (bicyclic) bond motifs is 1. The molecule has 2 aromatic rings. The van der Waals surface area contributed by atoms with Crippen LogP contribution in [0.2, 0.25) is 0 Å². The molecule has 1 N–H and O–H groups in total. The van der Waals surface area contributed by atoms with Crippen LogP contribution in [0.5, 0.6) is 0 Å². The van der Waals surface area contributed by atoms with Gasteiger partial charge < -0.3 is 5.11 Å². The lowest BCUT2D eigenvalue weighted by Gasteiger charge is -2.20. The van der Waals surface area contributed by atoms with E-state index in [9.17, 15) is 17.6 Å². The average molecular weight is 325 g/mol. The third-order valence-electron chi connectivity index (χ3n) is 3.47. The largest absolute Gasteiger partial charge is 0.481 e. The van der Waals surface area contributed by atoms with Gasteiger partial charge in [0.05, 0.1) is 5.92 Å². The Morgan fingerprint density at radius 3 is 2.55 bits per heavy atom. The van der Waals surface area contributed by atoms with Crippen LogP contribution in [0.15, 0.2) is 41.3 Å². The van der Waals surface area contributed by atoms with Gasteiger partial charge in [0.25, 0.3) is 0 Å². The predicted molar refractivity (Wildman–Crippen MR) is 80.5 cm³/mol. The highest BCUT2D eigenvalue weighted by Crippen LogP contribution is 2.26. The first-order valence-corrected chi connectivity index (χ1v) is 8.05. The van der Waals surface area contributed by atoms with Crippen molar-refractivity contribution in [3.8, 4) is 0 Å². The molecule has 0 aliphatic rings. The molecule has 0 saturated heterocycles. The molecule has 7 heteroatoms. The number of sulfonamides is 1. The first kappa shape index (κ1) is 16.4. The number of hydrogen-bond donors (Lipinski definition) is 1. The topological polar surface area (TPSA) is 74.7 Å². The van der Waals surface area contributed by atoms with Gasteiger partial charge >= 0.3 is 5.97 Å². The predicted octanol–water partition coefficient (Wildman–Crippen LogP) is 2.32. The Hall–Kier alpha value is -1.99. The van der Waals surface area contributed by atoms with E-state index in [2.05, 4.69) is 0 Å². The number of carboxylic acid groups (broad SMARTS) is 1. The molecule has 0 radical (unpaired) electrons. The van der Waals surface area contributed by atoms with Crippen LogP contribution in [0.1, 0.15) is 6.92 Å². The summed E-state index contributed by atoms with van der Waals surface area (Å²) in [5.74, 6) is -2.82. The monoisotopic (exact) mass is 325 g/mol. The standard InChI is InChI=1S/C15H16FNO4S/c1-10(15(18)19)9-17(2)22(20,21)13-8-7-11-5-3-4-6-12(11)14(13)16/h3-8,10H,9H2,1-2H3,(H,18,19). The number of nitrogens with zero attached hydrogens (tertiary/aromatic N) is 1. The molecular weight excluding hydrogens is 309 g/mol. The van der Waals surface area contributed by atoms with Gasteiger partial charge in [-0.3, -0.25) is 4.79 Å². The van der Waals surface area contributed by atoms with Gasteiger partial charge in [-0.2, -0.15) is 4.31 Å². The number of hydrogen-bond acceptors (Lipinski definition) is 3. The first-order valence-electron chi connectivity index (χ1n) is 6.61. The molecule has 2 rings (SSSR count). The summed E-state index contributed by atoms with van der Waals surface area (Å²) in [5.41, 5.74) is 0. The van der Waals surface area contributed by atoms with Crippen molar-refractivity contribution in [2.75, 3.05) is 13.6 Å². The zero-order valence-electron chi connectivity index (χ0n) is 12.2. The van der Waals surface area contributed by atoms with E-state index in [-0.39, 0.29) is 11.9 Å². The number of benzene rings is 2. The Kier molecular flexibility index (Phi) is 4.48. The van der Waals surface area contributed by atoms with Gasteiger partial charge in [0.2, 0.25) is 10.0 Å². The highest BCUT2D eigenvalue weighted by Gasteiger charge is 2.28. The summed E-state index contributed by atoms with van der Waals surface area (Å²) >= 11 is 0. The summed E-state index contributed by atoms with van der Waals surface area (Å²) < 4.78 is 40.3. The van der Waals surface area contributed by atoms with Crippen molar-refractivity contribution in [1.29, 1.82) is 0 Å². The molecule has 0 fully saturated rings. The Bertz CT molecular complexity index is 819. The Morgan fingerprint density at radius 1 is 1.27 bits per heavy atom. The summed E-state index contributed by atoms with van der Waals surface area (Å²) in [7, 11) is -2.86. The molecule has 1 atom stereocenters. The van der Waals surface area contributed by atoms with Gasteiger partial charge in [-0.05, 0) is 11.5 Å². The second-order valence-electron chi connectivity index (χ2n) is 5.12. The van der Waals surface area contributed by atoms with Gasteiger partial charge in [-0.25, -0.2) is 12.8 Å². The van der Waals surface area contributed by atoms with Crippen LogP contribution in [0.4, 0.5) is 4.39 Å². The molecule has 2 aromatic carbocycles. The molecular formula is C15H16FNO4S. The van der Waals surface area contributed by atoms with Crippen molar-refractivity contribution in [2.45, 2.75) is 11.8 Å². The SMILES string of the molecule is CC(CN(C)S(=O)(=O)c1ccc2ccccc2c1F)C(=O)O. The van der Waals surface area contributed by atoms with E-state index in [0.717, 1.165) is 4.31 Å². The lowest BCUT2D eigenvalue weighted by molar-refractivity contribution is -0.141. The normalized spacial score (nSPS) is 13.5. The van der Waals surface area contributed by atoms with Crippen molar-refractivity contribution in [1.82, 2.24) is 4.31 Å². The maximum Gasteiger partial charge on any atom is 0.307 e. The number of aliphatic carboxylic acids is 1. The van der Waals surface area contributed by atoms with Crippen molar-refractivity contribution >= 4 is 26.8 Å². The fourth-order valence-electron chi connectivity index (χ4n) is 2.14. The van der Waals surface area contributed by atoms with Gasteiger partial charge in [0, 0.05) is 19.0 Å². The summed E-state index contributed by atoms with van der Waals surface area (Å²) in [6, 6.07) is 9.28. The minimum absolute atomic E-state index is 0.211. The quantitative estimate of drug-likeness (QED) is 0.915. The number of carbonyl (C=O) groups is 1. The van der Waals surface area contributed by atoms with Crippen LogP contribution < -0.4 is 0 Å². The third-order valence-corrected chi connectivity index (χ3v) is 5.31. The molecule has 1 unspecified atom stereocenters. The van der Waals surface area contributed by atoms with E-state index in [1.54, 1.807) is 18.2 Å². The minimum Gasteiger partial charge on any atom is -0.481 e. The lowest BCUT2D eigenvalue weighted by atomic mass is 10.1. The van der Waals surface area contributed by atoms with Crippen LogP contribution >= 0.6 is 0 Å². The minimum atomic E-state index is -4.09. The Labute approximate surface area is 128 Å². The van der Waals surface area contributed by atoms with Crippen molar-refractivity contribution in [3.63, 3.8) is 0 Å². The second kappa shape index (κ2) is 6.02. The molecule has 5 nitrogen and oxygen atoms in total. The van der Waals surface area contributed by atoms with E-state index < -0.39 is 32.6 Å². The molecule has 0 saturated carbocycles.